The van der Waals surface area contributed by atoms with E-state index in [1.54, 1.807) is 19.1 Å². The van der Waals surface area contributed by atoms with E-state index in [0.717, 1.165) is 16.6 Å². The molecule has 2 heterocycles. The Morgan fingerprint density at radius 2 is 2.14 bits per heavy atom. The van der Waals surface area contributed by atoms with E-state index < -0.39 is 18.1 Å². The summed E-state index contributed by atoms with van der Waals surface area (Å²) in [7, 11) is 0. The minimum Gasteiger partial charge on any atom is -0.480 e. The number of halogens is 1. The van der Waals surface area contributed by atoms with Crippen molar-refractivity contribution in [2.24, 2.45) is 0 Å². The van der Waals surface area contributed by atoms with Crippen molar-refractivity contribution in [3.63, 3.8) is 0 Å². The largest absolute Gasteiger partial charge is 0.480 e. The highest BCUT2D eigenvalue weighted by atomic mass is 79.9. The average molecular weight is 389 g/mol. The number of carboxylic acids is 1. The molecule has 120 valence electrons. The van der Waals surface area contributed by atoms with Crippen LogP contribution in [-0.2, 0) is 9.59 Å². The van der Waals surface area contributed by atoms with Crippen LogP contribution in [0.1, 0.15) is 35.9 Å². The number of aliphatic carboxylic acids is 1. The van der Waals surface area contributed by atoms with Gasteiger partial charge in [-0.2, -0.15) is 0 Å². The molecule has 2 atom stereocenters. The van der Waals surface area contributed by atoms with E-state index in [1.807, 2.05) is 0 Å². The number of thiophene rings is 1. The van der Waals surface area contributed by atoms with Crippen LogP contribution in [0.4, 0.5) is 0 Å². The number of carboxylic acid groups (broad SMARTS) is 1. The number of piperidine rings is 1. The molecule has 1 saturated heterocycles. The third-order valence-corrected chi connectivity index (χ3v) is 5.21. The Bertz CT molecular complexity index is 589. The topological polar surface area (TPSA) is 86.7 Å². The van der Waals surface area contributed by atoms with Crippen LogP contribution in [0.2, 0.25) is 0 Å². The third kappa shape index (κ3) is 3.86. The molecule has 0 spiro atoms. The standard InChI is InChI=1S/C14H17BrN2O4S/c1-8(16-12(18)10-5-6-11(15)22-10)13(19)17-7-3-2-4-9(17)14(20)21/h5-6,8-9H,2-4,7H2,1H3,(H,16,18)(H,20,21)/t8?,9-/m1/s1. The monoisotopic (exact) mass is 388 g/mol. The van der Waals surface area contributed by atoms with E-state index in [9.17, 15) is 19.5 Å². The number of rotatable bonds is 4. The molecule has 0 radical (unpaired) electrons. The first-order valence-electron chi connectivity index (χ1n) is 6.99. The van der Waals surface area contributed by atoms with E-state index in [4.69, 9.17) is 0 Å². The number of nitrogens with one attached hydrogen (secondary N) is 1. The Kier molecular flexibility index (Phi) is 5.57. The van der Waals surface area contributed by atoms with Gasteiger partial charge in [0.1, 0.15) is 12.1 Å². The summed E-state index contributed by atoms with van der Waals surface area (Å²) in [5, 5.41) is 11.8. The van der Waals surface area contributed by atoms with Crippen molar-refractivity contribution in [1.82, 2.24) is 10.2 Å². The quantitative estimate of drug-likeness (QED) is 0.826. The van der Waals surface area contributed by atoms with Crippen LogP contribution < -0.4 is 5.32 Å². The molecule has 1 aromatic rings. The number of hydrogen-bond donors (Lipinski definition) is 2. The maximum Gasteiger partial charge on any atom is 0.326 e. The van der Waals surface area contributed by atoms with E-state index >= 15 is 0 Å². The second-order valence-corrected chi connectivity index (χ2v) is 7.64. The Labute approximate surface area is 140 Å². The molecule has 1 aromatic heterocycles. The first-order valence-corrected chi connectivity index (χ1v) is 8.60. The van der Waals surface area contributed by atoms with Gasteiger partial charge in [0.2, 0.25) is 5.91 Å². The zero-order valence-electron chi connectivity index (χ0n) is 12.0. The van der Waals surface area contributed by atoms with E-state index in [1.165, 1.54) is 16.2 Å². The highest BCUT2D eigenvalue weighted by Gasteiger charge is 2.34. The summed E-state index contributed by atoms with van der Waals surface area (Å²) in [6.45, 7) is 2.00. The molecular formula is C14H17BrN2O4S. The number of carbonyl (C=O) groups is 3. The summed E-state index contributed by atoms with van der Waals surface area (Å²) in [5.41, 5.74) is 0. The lowest BCUT2D eigenvalue weighted by Crippen LogP contribution is -2.54. The van der Waals surface area contributed by atoms with Crippen LogP contribution in [-0.4, -0.2) is 46.4 Å². The molecule has 0 saturated carbocycles. The molecule has 0 aliphatic carbocycles. The summed E-state index contributed by atoms with van der Waals surface area (Å²) < 4.78 is 0.832. The molecule has 0 aromatic carbocycles. The van der Waals surface area contributed by atoms with Gasteiger partial charge < -0.3 is 15.3 Å². The second kappa shape index (κ2) is 7.23. The minimum atomic E-state index is -0.992. The van der Waals surface area contributed by atoms with Gasteiger partial charge in [0, 0.05) is 6.54 Å². The third-order valence-electron chi connectivity index (χ3n) is 3.59. The Balaban J connectivity index is 2.01. The van der Waals surface area contributed by atoms with E-state index in [-0.39, 0.29) is 11.8 Å². The maximum atomic E-state index is 12.4. The normalized spacial score (nSPS) is 19.5. The van der Waals surface area contributed by atoms with Gasteiger partial charge >= 0.3 is 5.97 Å². The molecule has 0 bridgehead atoms. The van der Waals surface area contributed by atoms with Crippen LogP contribution in [0.15, 0.2) is 15.9 Å². The van der Waals surface area contributed by atoms with Crippen molar-refractivity contribution in [2.45, 2.75) is 38.3 Å². The lowest BCUT2D eigenvalue weighted by Gasteiger charge is -2.34. The first-order chi connectivity index (χ1) is 10.4. The van der Waals surface area contributed by atoms with Crippen molar-refractivity contribution in [2.75, 3.05) is 6.54 Å². The van der Waals surface area contributed by atoms with Gasteiger partial charge in [0.15, 0.2) is 0 Å². The molecule has 2 rings (SSSR count). The fourth-order valence-electron chi connectivity index (χ4n) is 2.47. The van der Waals surface area contributed by atoms with Crippen molar-refractivity contribution in [1.29, 1.82) is 0 Å². The predicted octanol–water partition coefficient (Wildman–Crippen LogP) is 2.09. The number of likely N-dealkylation sites (tertiary alicyclic amines) is 1. The fourth-order valence-corrected chi connectivity index (χ4v) is 3.76. The molecular weight excluding hydrogens is 372 g/mol. The van der Waals surface area contributed by atoms with Gasteiger partial charge in [-0.1, -0.05) is 0 Å². The molecule has 2 N–H and O–H groups in total. The van der Waals surface area contributed by atoms with Gasteiger partial charge in [-0.25, -0.2) is 4.79 Å². The zero-order chi connectivity index (χ0) is 16.3. The number of amides is 2. The molecule has 1 fully saturated rings. The second-order valence-electron chi connectivity index (χ2n) is 5.18. The van der Waals surface area contributed by atoms with E-state index in [0.29, 0.717) is 17.8 Å². The summed E-state index contributed by atoms with van der Waals surface area (Å²) in [4.78, 5) is 37.6. The van der Waals surface area contributed by atoms with Crippen LogP contribution >= 0.6 is 27.3 Å². The summed E-state index contributed by atoms with van der Waals surface area (Å²) in [5.74, 6) is -1.68. The van der Waals surface area contributed by atoms with Crippen molar-refractivity contribution < 1.29 is 19.5 Å². The smallest absolute Gasteiger partial charge is 0.326 e. The zero-order valence-corrected chi connectivity index (χ0v) is 14.4. The Hall–Kier alpha value is -1.41. The van der Waals surface area contributed by atoms with Gasteiger partial charge in [0.05, 0.1) is 8.66 Å². The lowest BCUT2D eigenvalue weighted by molar-refractivity contribution is -0.152. The van der Waals surface area contributed by atoms with Gasteiger partial charge in [-0.15, -0.1) is 11.3 Å². The predicted molar refractivity (Wildman–Crippen MR) is 85.9 cm³/mol. The summed E-state index contributed by atoms with van der Waals surface area (Å²) >= 11 is 4.56. The molecule has 1 aliphatic rings. The summed E-state index contributed by atoms with van der Waals surface area (Å²) in [6.07, 6.45) is 2.04. The summed E-state index contributed by atoms with van der Waals surface area (Å²) in [6, 6.07) is 1.88. The highest BCUT2D eigenvalue weighted by molar-refractivity contribution is 9.11. The Morgan fingerprint density at radius 1 is 1.41 bits per heavy atom. The molecule has 1 aliphatic heterocycles. The SMILES string of the molecule is CC(NC(=O)c1ccc(Br)s1)C(=O)N1CCCC[C@@H]1C(=O)O. The van der Waals surface area contributed by atoms with Crippen LogP contribution in [0.3, 0.4) is 0 Å². The molecule has 1 unspecified atom stereocenters. The maximum absolute atomic E-state index is 12.4. The lowest BCUT2D eigenvalue weighted by atomic mass is 10.0. The molecule has 22 heavy (non-hydrogen) atoms. The number of nitrogens with zero attached hydrogens (tertiary/aromatic N) is 1. The average Bonchev–Trinajstić information content (AvgIpc) is 2.93. The van der Waals surface area contributed by atoms with Crippen molar-refractivity contribution in [3.05, 3.63) is 20.8 Å². The van der Waals surface area contributed by atoms with Gasteiger partial charge in [0.25, 0.3) is 5.91 Å². The highest BCUT2D eigenvalue weighted by Crippen LogP contribution is 2.22. The van der Waals surface area contributed by atoms with Crippen molar-refractivity contribution >= 4 is 45.1 Å². The molecule has 8 heteroatoms. The Morgan fingerprint density at radius 3 is 2.73 bits per heavy atom. The van der Waals surface area contributed by atoms with Crippen LogP contribution in [0, 0.1) is 0 Å². The van der Waals surface area contributed by atoms with Gasteiger partial charge in [-0.3, -0.25) is 9.59 Å². The first kappa shape index (κ1) is 17.0. The molecule has 2 amide bonds. The fraction of sp³-hybridized carbons (Fsp3) is 0.500. The van der Waals surface area contributed by atoms with Crippen molar-refractivity contribution in [3.8, 4) is 0 Å². The van der Waals surface area contributed by atoms with E-state index in [2.05, 4.69) is 21.2 Å². The minimum absolute atomic E-state index is 0.333. The molecule has 6 nitrogen and oxygen atoms in total. The van der Waals surface area contributed by atoms with Crippen LogP contribution in [0.25, 0.3) is 0 Å². The van der Waals surface area contributed by atoms with Gasteiger partial charge in [-0.05, 0) is 54.2 Å². The van der Waals surface area contributed by atoms with Crippen LogP contribution in [0.5, 0.6) is 0 Å². The number of carbonyl (C=O) groups excluding carboxylic acids is 2. The number of hydrogen-bond acceptors (Lipinski definition) is 4.